The highest BCUT2D eigenvalue weighted by molar-refractivity contribution is 7.99. The van der Waals surface area contributed by atoms with Crippen molar-refractivity contribution in [3.05, 3.63) is 41.7 Å². The Hall–Kier alpha value is -1.86. The summed E-state index contributed by atoms with van der Waals surface area (Å²) in [5.74, 6) is 2.00. The fourth-order valence-corrected chi connectivity index (χ4v) is 4.08. The summed E-state index contributed by atoms with van der Waals surface area (Å²) in [5.41, 5.74) is 1.22. The maximum absolute atomic E-state index is 12.2. The van der Waals surface area contributed by atoms with Crippen molar-refractivity contribution in [2.24, 2.45) is 5.92 Å². The lowest BCUT2D eigenvalue weighted by Gasteiger charge is -2.16. The molecule has 0 aliphatic carbocycles. The van der Waals surface area contributed by atoms with E-state index in [1.807, 2.05) is 6.07 Å². The van der Waals surface area contributed by atoms with Crippen LogP contribution in [-0.4, -0.2) is 51.0 Å². The SMILES string of the molecule is CC(C)CCNC(=O)CSc1nnc(CN2CCCC2)n1Cc1ccccc1. The maximum atomic E-state index is 12.2. The van der Waals surface area contributed by atoms with E-state index < -0.39 is 0 Å². The van der Waals surface area contributed by atoms with Crippen LogP contribution < -0.4 is 5.32 Å². The summed E-state index contributed by atoms with van der Waals surface area (Å²) in [6.07, 6.45) is 3.51. The van der Waals surface area contributed by atoms with Crippen molar-refractivity contribution in [2.45, 2.75) is 51.4 Å². The predicted octanol–water partition coefficient (Wildman–Crippen LogP) is 3.18. The van der Waals surface area contributed by atoms with E-state index in [1.54, 1.807) is 0 Å². The molecule has 0 unspecified atom stereocenters. The van der Waals surface area contributed by atoms with Gasteiger partial charge in [-0.25, -0.2) is 0 Å². The van der Waals surface area contributed by atoms with Crippen LogP contribution in [0.3, 0.4) is 0 Å². The number of likely N-dealkylation sites (tertiary alicyclic amines) is 1. The van der Waals surface area contributed by atoms with Crippen molar-refractivity contribution < 1.29 is 4.79 Å². The number of aromatic nitrogens is 3. The molecule has 1 aromatic heterocycles. The van der Waals surface area contributed by atoms with E-state index in [9.17, 15) is 4.79 Å². The third-order valence-electron chi connectivity index (χ3n) is 4.92. The van der Waals surface area contributed by atoms with Crippen LogP contribution in [0.4, 0.5) is 0 Å². The third-order valence-corrected chi connectivity index (χ3v) is 5.88. The largest absolute Gasteiger partial charge is 0.355 e. The molecule has 0 bridgehead atoms. The summed E-state index contributed by atoms with van der Waals surface area (Å²) >= 11 is 1.47. The van der Waals surface area contributed by atoms with Crippen molar-refractivity contribution in [3.63, 3.8) is 0 Å². The molecule has 3 rings (SSSR count). The van der Waals surface area contributed by atoms with Gasteiger partial charge in [0.15, 0.2) is 5.16 Å². The fourth-order valence-electron chi connectivity index (χ4n) is 3.29. The second-order valence-corrected chi connectivity index (χ2v) is 8.72. The van der Waals surface area contributed by atoms with Gasteiger partial charge in [-0.05, 0) is 43.8 Å². The zero-order chi connectivity index (χ0) is 19.8. The molecule has 6 nitrogen and oxygen atoms in total. The molecule has 0 spiro atoms. The number of hydrogen-bond acceptors (Lipinski definition) is 5. The molecule has 1 fully saturated rings. The van der Waals surface area contributed by atoms with Gasteiger partial charge in [0.1, 0.15) is 5.82 Å². The second kappa shape index (κ2) is 10.6. The summed E-state index contributed by atoms with van der Waals surface area (Å²) in [6, 6.07) is 10.4. The first-order valence-electron chi connectivity index (χ1n) is 10.2. The Morgan fingerprint density at radius 1 is 1.14 bits per heavy atom. The Bertz CT molecular complexity index is 741. The van der Waals surface area contributed by atoms with Gasteiger partial charge in [-0.1, -0.05) is 55.9 Å². The molecule has 28 heavy (non-hydrogen) atoms. The normalized spacial score (nSPS) is 14.7. The Morgan fingerprint density at radius 3 is 2.61 bits per heavy atom. The number of amides is 1. The van der Waals surface area contributed by atoms with Gasteiger partial charge in [0.2, 0.25) is 5.91 Å². The van der Waals surface area contributed by atoms with Gasteiger partial charge in [-0.15, -0.1) is 10.2 Å². The molecular formula is C21H31N5OS. The summed E-state index contributed by atoms with van der Waals surface area (Å²) in [5, 5.41) is 12.7. The van der Waals surface area contributed by atoms with Gasteiger partial charge in [0, 0.05) is 6.54 Å². The van der Waals surface area contributed by atoms with E-state index in [1.165, 1.54) is 30.2 Å². The third kappa shape index (κ3) is 6.34. The molecule has 152 valence electrons. The Morgan fingerprint density at radius 2 is 1.89 bits per heavy atom. The highest BCUT2D eigenvalue weighted by Gasteiger charge is 2.19. The average molecular weight is 402 g/mol. The van der Waals surface area contributed by atoms with Gasteiger partial charge in [-0.2, -0.15) is 0 Å². The number of hydrogen-bond donors (Lipinski definition) is 1. The molecule has 2 heterocycles. The monoisotopic (exact) mass is 401 g/mol. The quantitative estimate of drug-likeness (QED) is 0.620. The van der Waals surface area contributed by atoms with Crippen molar-refractivity contribution in [1.29, 1.82) is 0 Å². The van der Waals surface area contributed by atoms with Gasteiger partial charge in [-0.3, -0.25) is 9.69 Å². The maximum Gasteiger partial charge on any atom is 0.230 e. The smallest absolute Gasteiger partial charge is 0.230 e. The van der Waals surface area contributed by atoms with E-state index >= 15 is 0 Å². The number of benzene rings is 1. The van der Waals surface area contributed by atoms with Crippen LogP contribution in [0.2, 0.25) is 0 Å². The molecule has 0 radical (unpaired) electrons. The zero-order valence-electron chi connectivity index (χ0n) is 16.9. The zero-order valence-corrected chi connectivity index (χ0v) is 17.7. The minimum Gasteiger partial charge on any atom is -0.355 e. The molecule has 1 saturated heterocycles. The van der Waals surface area contributed by atoms with E-state index in [0.29, 0.717) is 11.7 Å². The van der Waals surface area contributed by atoms with E-state index in [-0.39, 0.29) is 5.91 Å². The minimum atomic E-state index is 0.0565. The van der Waals surface area contributed by atoms with Gasteiger partial charge in [0.05, 0.1) is 18.8 Å². The molecule has 1 aromatic carbocycles. The molecule has 7 heteroatoms. The minimum absolute atomic E-state index is 0.0565. The van der Waals surface area contributed by atoms with Crippen LogP contribution >= 0.6 is 11.8 Å². The van der Waals surface area contributed by atoms with Crippen LogP contribution in [0.5, 0.6) is 0 Å². The van der Waals surface area contributed by atoms with Crippen molar-refractivity contribution >= 4 is 17.7 Å². The fraction of sp³-hybridized carbons (Fsp3) is 0.571. The van der Waals surface area contributed by atoms with Gasteiger partial charge >= 0.3 is 0 Å². The van der Waals surface area contributed by atoms with Crippen molar-refractivity contribution in [3.8, 4) is 0 Å². The first kappa shape index (κ1) is 20.9. The molecule has 1 N–H and O–H groups in total. The molecule has 1 amide bonds. The van der Waals surface area contributed by atoms with Crippen molar-refractivity contribution in [1.82, 2.24) is 25.0 Å². The molecule has 1 aliphatic rings. The van der Waals surface area contributed by atoms with Gasteiger partial charge < -0.3 is 9.88 Å². The number of carbonyl (C=O) groups excluding carboxylic acids is 1. The lowest BCUT2D eigenvalue weighted by atomic mass is 10.1. The number of nitrogens with one attached hydrogen (secondary N) is 1. The Labute approximate surface area is 172 Å². The van der Waals surface area contributed by atoms with E-state index in [4.69, 9.17) is 0 Å². The van der Waals surface area contributed by atoms with E-state index in [0.717, 1.165) is 50.1 Å². The lowest BCUT2D eigenvalue weighted by molar-refractivity contribution is -0.118. The molecule has 0 atom stereocenters. The van der Waals surface area contributed by atoms with Gasteiger partial charge in [0.25, 0.3) is 0 Å². The van der Waals surface area contributed by atoms with Crippen LogP contribution in [0.15, 0.2) is 35.5 Å². The van der Waals surface area contributed by atoms with E-state index in [2.05, 4.69) is 63.1 Å². The van der Waals surface area contributed by atoms with Crippen LogP contribution in [-0.2, 0) is 17.9 Å². The Balaban J connectivity index is 1.65. The first-order valence-corrected chi connectivity index (χ1v) is 11.2. The number of rotatable bonds is 10. The second-order valence-electron chi connectivity index (χ2n) is 7.77. The average Bonchev–Trinajstić information content (AvgIpc) is 3.32. The number of nitrogens with zero attached hydrogens (tertiary/aromatic N) is 4. The lowest BCUT2D eigenvalue weighted by Crippen LogP contribution is -2.27. The summed E-state index contributed by atoms with van der Waals surface area (Å²) in [6.45, 7) is 8.85. The summed E-state index contributed by atoms with van der Waals surface area (Å²) < 4.78 is 2.17. The van der Waals surface area contributed by atoms with Crippen molar-refractivity contribution in [2.75, 3.05) is 25.4 Å². The molecular weight excluding hydrogens is 370 g/mol. The number of carbonyl (C=O) groups is 1. The summed E-state index contributed by atoms with van der Waals surface area (Å²) in [7, 11) is 0. The van der Waals surface area contributed by atoms with Crippen LogP contribution in [0.25, 0.3) is 0 Å². The molecule has 1 aliphatic heterocycles. The topological polar surface area (TPSA) is 63.1 Å². The first-order chi connectivity index (χ1) is 13.6. The molecule has 0 saturated carbocycles. The Kier molecular flexibility index (Phi) is 7.91. The highest BCUT2D eigenvalue weighted by Crippen LogP contribution is 2.21. The summed E-state index contributed by atoms with van der Waals surface area (Å²) in [4.78, 5) is 14.6. The predicted molar refractivity (Wildman–Crippen MR) is 113 cm³/mol. The highest BCUT2D eigenvalue weighted by atomic mass is 32.2. The standard InChI is InChI=1S/C21H31N5OS/c1-17(2)10-11-22-20(27)16-28-21-24-23-19(15-25-12-6-7-13-25)26(21)14-18-8-4-3-5-9-18/h3-5,8-9,17H,6-7,10-16H2,1-2H3,(H,22,27). The van der Waals surface area contributed by atoms with Crippen LogP contribution in [0.1, 0.15) is 44.5 Å². The van der Waals surface area contributed by atoms with Crippen LogP contribution in [0, 0.1) is 5.92 Å². The number of thioether (sulfide) groups is 1. The molecule has 2 aromatic rings.